The molecule has 0 N–H and O–H groups in total. The molecule has 0 spiro atoms. The number of rotatable bonds is 5. The first-order chi connectivity index (χ1) is 13.9. The first-order valence-corrected chi connectivity index (χ1v) is 11.4. The Labute approximate surface area is 171 Å². The fourth-order valence-electron chi connectivity index (χ4n) is 3.17. The number of sulfonamides is 1. The molecule has 0 bridgehead atoms. The number of piperidine rings is 1. The number of hydrogen-bond acceptors (Lipinski definition) is 6. The number of halogens is 2. The molecule has 152 valence electrons. The zero-order valence-corrected chi connectivity index (χ0v) is 17.0. The third-order valence-corrected chi connectivity index (χ3v) is 7.48. The summed E-state index contributed by atoms with van der Waals surface area (Å²) in [5, 5.41) is 1.45. The van der Waals surface area contributed by atoms with Gasteiger partial charge >= 0.3 is 0 Å². The Kier molecular flexibility index (Phi) is 5.75. The van der Waals surface area contributed by atoms with Gasteiger partial charge in [0, 0.05) is 24.7 Å². The lowest BCUT2D eigenvalue weighted by Crippen LogP contribution is -2.35. The van der Waals surface area contributed by atoms with Gasteiger partial charge in [0.15, 0.2) is 5.82 Å². The van der Waals surface area contributed by atoms with E-state index in [1.807, 2.05) is 0 Å². The van der Waals surface area contributed by atoms with Crippen LogP contribution in [0.4, 0.5) is 8.78 Å². The van der Waals surface area contributed by atoms with E-state index in [4.69, 9.17) is 0 Å². The predicted octanol–water partition coefficient (Wildman–Crippen LogP) is 4.29. The van der Waals surface area contributed by atoms with Crippen LogP contribution in [0.3, 0.4) is 0 Å². The van der Waals surface area contributed by atoms with E-state index in [2.05, 4.69) is 15.0 Å². The number of benzene rings is 1. The van der Waals surface area contributed by atoms with Gasteiger partial charge in [-0.1, -0.05) is 24.6 Å². The van der Waals surface area contributed by atoms with E-state index in [1.165, 1.54) is 16.6 Å². The summed E-state index contributed by atoms with van der Waals surface area (Å²) >= 11 is 1.10. The van der Waals surface area contributed by atoms with Crippen LogP contribution in [0.5, 0.6) is 0 Å². The number of nitrogens with zero attached hydrogens (tertiary/aromatic N) is 4. The molecule has 1 aliphatic rings. The molecule has 10 heteroatoms. The second kappa shape index (κ2) is 8.29. The first-order valence-electron chi connectivity index (χ1n) is 9.14. The summed E-state index contributed by atoms with van der Waals surface area (Å²) in [5.74, 6) is -0.546. The first kappa shape index (κ1) is 20.1. The summed E-state index contributed by atoms with van der Waals surface area (Å²) in [6.45, 7) is 1.03. The lowest BCUT2D eigenvalue weighted by molar-refractivity contribution is 0.140. The molecule has 0 aliphatic carbocycles. The molecule has 1 fully saturated rings. The molecule has 29 heavy (non-hydrogen) atoms. The van der Waals surface area contributed by atoms with E-state index in [0.717, 1.165) is 31.0 Å². The molecule has 1 aliphatic heterocycles. The molecule has 1 aromatic carbocycles. The maximum Gasteiger partial charge on any atom is 0.297 e. The number of alkyl halides is 2. The topological polar surface area (TPSA) is 76.0 Å². The zero-order chi connectivity index (χ0) is 20.4. The standard InChI is InChI=1S/C19H18F2N4O2S2/c20-17(21)18-23-15-7-3-2-6-14(15)19(24-18)28-16-9-8-13(12-22-16)29(26,27)25-10-4-1-5-11-25/h2-3,6-9,12,17H,1,4-5,10-11H2. The van der Waals surface area contributed by atoms with Crippen LogP contribution in [0.1, 0.15) is 31.5 Å². The smallest absolute Gasteiger partial charge is 0.248 e. The second-order valence-corrected chi connectivity index (χ2v) is 9.55. The van der Waals surface area contributed by atoms with E-state index in [0.29, 0.717) is 34.0 Å². The highest BCUT2D eigenvalue weighted by atomic mass is 32.2. The van der Waals surface area contributed by atoms with E-state index >= 15 is 0 Å². The molecular weight excluding hydrogens is 418 g/mol. The second-order valence-electron chi connectivity index (χ2n) is 6.60. The van der Waals surface area contributed by atoms with Crippen LogP contribution in [-0.2, 0) is 10.0 Å². The highest BCUT2D eigenvalue weighted by molar-refractivity contribution is 7.99. The van der Waals surface area contributed by atoms with Gasteiger partial charge in [0.25, 0.3) is 6.43 Å². The van der Waals surface area contributed by atoms with Crippen molar-refractivity contribution in [3.63, 3.8) is 0 Å². The maximum atomic E-state index is 13.2. The average Bonchev–Trinajstić information content (AvgIpc) is 2.74. The van der Waals surface area contributed by atoms with Crippen molar-refractivity contribution in [2.45, 2.75) is 40.6 Å². The van der Waals surface area contributed by atoms with E-state index in [9.17, 15) is 17.2 Å². The Morgan fingerprint density at radius 2 is 1.76 bits per heavy atom. The van der Waals surface area contributed by atoms with Gasteiger partial charge in [0.05, 0.1) is 5.52 Å². The van der Waals surface area contributed by atoms with Gasteiger partial charge in [0.2, 0.25) is 10.0 Å². The van der Waals surface area contributed by atoms with Crippen molar-refractivity contribution in [2.24, 2.45) is 0 Å². The van der Waals surface area contributed by atoms with Crippen LogP contribution in [-0.4, -0.2) is 40.8 Å². The molecule has 1 saturated heterocycles. The molecule has 3 aromatic rings. The molecule has 6 nitrogen and oxygen atoms in total. The Hall–Kier alpha value is -2.17. The largest absolute Gasteiger partial charge is 0.297 e. The minimum Gasteiger partial charge on any atom is -0.248 e. The zero-order valence-electron chi connectivity index (χ0n) is 15.3. The molecule has 2 aromatic heterocycles. The van der Waals surface area contributed by atoms with Gasteiger partial charge in [-0.05, 0) is 42.8 Å². The van der Waals surface area contributed by atoms with Gasteiger partial charge in [-0.3, -0.25) is 0 Å². The molecule has 0 atom stereocenters. The summed E-state index contributed by atoms with van der Waals surface area (Å²) < 4.78 is 53.2. The van der Waals surface area contributed by atoms with Crippen molar-refractivity contribution in [1.29, 1.82) is 0 Å². The van der Waals surface area contributed by atoms with Crippen LogP contribution in [0.2, 0.25) is 0 Å². The predicted molar refractivity (Wildman–Crippen MR) is 105 cm³/mol. The minimum absolute atomic E-state index is 0.129. The van der Waals surface area contributed by atoms with E-state index in [-0.39, 0.29) is 4.90 Å². The van der Waals surface area contributed by atoms with Crippen molar-refractivity contribution in [1.82, 2.24) is 19.3 Å². The average molecular weight is 437 g/mol. The Morgan fingerprint density at radius 1 is 1.00 bits per heavy atom. The Balaban J connectivity index is 1.62. The van der Waals surface area contributed by atoms with Crippen molar-refractivity contribution in [3.05, 3.63) is 48.4 Å². The lowest BCUT2D eigenvalue weighted by Gasteiger charge is -2.25. The van der Waals surface area contributed by atoms with Crippen molar-refractivity contribution in [2.75, 3.05) is 13.1 Å². The molecule has 4 rings (SSSR count). The minimum atomic E-state index is -3.57. The van der Waals surface area contributed by atoms with Crippen LogP contribution in [0.15, 0.2) is 57.5 Å². The fourth-order valence-corrected chi connectivity index (χ4v) is 5.50. The van der Waals surface area contributed by atoms with Crippen LogP contribution in [0.25, 0.3) is 10.9 Å². The Morgan fingerprint density at radius 3 is 2.45 bits per heavy atom. The summed E-state index contributed by atoms with van der Waals surface area (Å²) in [6, 6.07) is 9.96. The third-order valence-electron chi connectivity index (χ3n) is 4.64. The number of pyridine rings is 1. The monoisotopic (exact) mass is 436 g/mol. The quantitative estimate of drug-likeness (QED) is 0.556. The number of fused-ring (bicyclic) bond motifs is 1. The van der Waals surface area contributed by atoms with Crippen molar-refractivity contribution < 1.29 is 17.2 Å². The highest BCUT2D eigenvalue weighted by Crippen LogP contribution is 2.32. The SMILES string of the molecule is O=S(=O)(c1ccc(Sc2nc(C(F)F)nc3ccccc23)nc1)N1CCCCC1. The molecule has 0 amide bonds. The summed E-state index contributed by atoms with van der Waals surface area (Å²) in [6.07, 6.45) is 1.27. The van der Waals surface area contributed by atoms with Gasteiger partial charge in [-0.2, -0.15) is 4.31 Å². The van der Waals surface area contributed by atoms with Crippen LogP contribution >= 0.6 is 11.8 Å². The van der Waals surface area contributed by atoms with Gasteiger partial charge in [-0.15, -0.1) is 0 Å². The summed E-state index contributed by atoms with van der Waals surface area (Å²) in [7, 11) is -3.57. The molecular formula is C19H18F2N4O2S2. The van der Waals surface area contributed by atoms with Crippen LogP contribution in [0, 0.1) is 0 Å². The lowest BCUT2D eigenvalue weighted by atomic mass is 10.2. The number of aromatic nitrogens is 3. The summed E-state index contributed by atoms with van der Waals surface area (Å²) in [4.78, 5) is 12.2. The molecule has 0 radical (unpaired) electrons. The van der Waals surface area contributed by atoms with Gasteiger partial charge in [0.1, 0.15) is 14.9 Å². The van der Waals surface area contributed by atoms with Crippen molar-refractivity contribution >= 4 is 32.7 Å². The van der Waals surface area contributed by atoms with E-state index < -0.39 is 22.3 Å². The number of para-hydroxylation sites is 1. The van der Waals surface area contributed by atoms with E-state index in [1.54, 1.807) is 30.3 Å². The molecule has 0 saturated carbocycles. The normalized spacial score (nSPS) is 15.8. The maximum absolute atomic E-state index is 13.2. The molecule has 3 heterocycles. The van der Waals surface area contributed by atoms with Gasteiger partial charge in [-0.25, -0.2) is 32.2 Å². The fraction of sp³-hybridized carbons (Fsp3) is 0.316. The Bertz CT molecular complexity index is 1120. The molecule has 0 unspecified atom stereocenters. The third kappa shape index (κ3) is 4.24. The summed E-state index contributed by atoms with van der Waals surface area (Å²) in [5.41, 5.74) is 0.421. The highest BCUT2D eigenvalue weighted by Gasteiger charge is 2.26. The van der Waals surface area contributed by atoms with Gasteiger partial charge < -0.3 is 0 Å². The van der Waals surface area contributed by atoms with Crippen molar-refractivity contribution in [3.8, 4) is 0 Å². The number of hydrogen-bond donors (Lipinski definition) is 0. The van der Waals surface area contributed by atoms with Crippen LogP contribution < -0.4 is 0 Å².